The van der Waals surface area contributed by atoms with E-state index in [1.165, 1.54) is 0 Å². The Hall–Kier alpha value is -3.06. The predicted molar refractivity (Wildman–Crippen MR) is 114 cm³/mol. The molecule has 0 saturated carbocycles. The summed E-state index contributed by atoms with van der Waals surface area (Å²) >= 11 is 3.39. The summed E-state index contributed by atoms with van der Waals surface area (Å²) < 4.78 is 11.7. The molecule has 2 aromatic carbocycles. The lowest BCUT2D eigenvalue weighted by Crippen LogP contribution is -2.22. The van der Waals surface area contributed by atoms with E-state index in [9.17, 15) is 9.59 Å². The van der Waals surface area contributed by atoms with E-state index in [1.807, 2.05) is 13.0 Å². The summed E-state index contributed by atoms with van der Waals surface area (Å²) in [5.41, 5.74) is 1.37. The SMILES string of the molecule is CCCOc1ccc(Br)cc1C(=O)Nc1cccc(C(=O)NCc2ccco2)c1. The summed E-state index contributed by atoms with van der Waals surface area (Å²) in [7, 11) is 0. The van der Waals surface area contributed by atoms with E-state index in [4.69, 9.17) is 9.15 Å². The second-order valence-electron chi connectivity index (χ2n) is 6.29. The Kier molecular flexibility index (Phi) is 7.08. The van der Waals surface area contributed by atoms with Crippen molar-refractivity contribution in [2.45, 2.75) is 19.9 Å². The highest BCUT2D eigenvalue weighted by molar-refractivity contribution is 9.10. The zero-order valence-electron chi connectivity index (χ0n) is 15.9. The van der Waals surface area contributed by atoms with Crippen molar-refractivity contribution in [3.63, 3.8) is 0 Å². The van der Waals surface area contributed by atoms with Crippen molar-refractivity contribution in [1.82, 2.24) is 5.32 Å². The summed E-state index contributed by atoms with van der Waals surface area (Å²) in [5.74, 6) is 0.606. The fraction of sp³-hybridized carbons (Fsp3) is 0.182. The molecule has 0 spiro atoms. The quantitative estimate of drug-likeness (QED) is 0.498. The van der Waals surface area contributed by atoms with Crippen LogP contribution in [0.15, 0.2) is 69.8 Å². The largest absolute Gasteiger partial charge is 0.493 e. The fourth-order valence-corrected chi connectivity index (χ4v) is 3.00. The minimum absolute atomic E-state index is 0.257. The fourth-order valence-electron chi connectivity index (χ4n) is 2.64. The second kappa shape index (κ2) is 9.93. The van der Waals surface area contributed by atoms with Gasteiger partial charge in [0.15, 0.2) is 0 Å². The van der Waals surface area contributed by atoms with Crippen LogP contribution < -0.4 is 15.4 Å². The number of carbonyl (C=O) groups excluding carboxylic acids is 2. The van der Waals surface area contributed by atoms with Crippen molar-refractivity contribution in [3.8, 4) is 5.75 Å². The van der Waals surface area contributed by atoms with Crippen molar-refractivity contribution < 1.29 is 18.7 Å². The number of hydrogen-bond acceptors (Lipinski definition) is 4. The van der Waals surface area contributed by atoms with Gasteiger partial charge >= 0.3 is 0 Å². The molecule has 0 aliphatic rings. The maximum absolute atomic E-state index is 12.8. The van der Waals surface area contributed by atoms with Crippen molar-refractivity contribution in [1.29, 1.82) is 0 Å². The van der Waals surface area contributed by atoms with Crippen LogP contribution in [0.3, 0.4) is 0 Å². The molecule has 3 rings (SSSR count). The number of nitrogens with one attached hydrogen (secondary N) is 2. The van der Waals surface area contributed by atoms with Crippen LogP contribution in [0.5, 0.6) is 5.75 Å². The lowest BCUT2D eigenvalue weighted by Gasteiger charge is -2.12. The van der Waals surface area contributed by atoms with Crippen molar-refractivity contribution in [2.75, 3.05) is 11.9 Å². The zero-order chi connectivity index (χ0) is 20.6. The lowest BCUT2D eigenvalue weighted by atomic mass is 10.1. The van der Waals surface area contributed by atoms with E-state index in [2.05, 4.69) is 26.6 Å². The summed E-state index contributed by atoms with van der Waals surface area (Å²) in [4.78, 5) is 25.2. The summed E-state index contributed by atoms with van der Waals surface area (Å²) in [6.07, 6.45) is 2.39. The van der Waals surface area contributed by atoms with Gasteiger partial charge in [0.05, 0.1) is 25.0 Å². The van der Waals surface area contributed by atoms with Crippen molar-refractivity contribution in [2.24, 2.45) is 0 Å². The Morgan fingerprint density at radius 1 is 1.07 bits per heavy atom. The summed E-state index contributed by atoms with van der Waals surface area (Å²) in [6.45, 7) is 2.81. The van der Waals surface area contributed by atoms with E-state index in [0.717, 1.165) is 10.9 Å². The number of ether oxygens (including phenoxy) is 1. The topological polar surface area (TPSA) is 80.6 Å². The number of furan rings is 1. The number of carbonyl (C=O) groups is 2. The molecule has 0 unspecified atom stereocenters. The van der Waals surface area contributed by atoms with Crippen LogP contribution in [0.2, 0.25) is 0 Å². The van der Waals surface area contributed by atoms with Gasteiger partial charge in [-0.05, 0) is 55.0 Å². The number of hydrogen-bond donors (Lipinski definition) is 2. The molecule has 2 amide bonds. The van der Waals surface area contributed by atoms with Crippen molar-refractivity contribution in [3.05, 3.63) is 82.2 Å². The third-order valence-corrected chi connectivity index (χ3v) is 4.53. The van der Waals surface area contributed by atoms with Crippen LogP contribution in [-0.2, 0) is 6.54 Å². The molecule has 7 heteroatoms. The highest BCUT2D eigenvalue weighted by atomic mass is 79.9. The van der Waals surface area contributed by atoms with Gasteiger partial charge in [-0.3, -0.25) is 9.59 Å². The first kappa shape index (κ1) is 20.7. The van der Waals surface area contributed by atoms with E-state index >= 15 is 0 Å². The van der Waals surface area contributed by atoms with Gasteiger partial charge < -0.3 is 19.8 Å². The molecular formula is C22H21BrN2O4. The van der Waals surface area contributed by atoms with Gasteiger partial charge in [0.1, 0.15) is 11.5 Å². The Morgan fingerprint density at radius 3 is 2.69 bits per heavy atom. The van der Waals surface area contributed by atoms with Gasteiger partial charge in [-0.1, -0.05) is 28.9 Å². The molecule has 2 N–H and O–H groups in total. The maximum atomic E-state index is 12.8. The van der Waals surface area contributed by atoms with Gasteiger partial charge in [-0.25, -0.2) is 0 Å². The summed E-state index contributed by atoms with van der Waals surface area (Å²) in [6, 6.07) is 15.6. The van der Waals surface area contributed by atoms with Gasteiger partial charge in [0, 0.05) is 15.7 Å². The first-order valence-electron chi connectivity index (χ1n) is 9.21. The lowest BCUT2D eigenvalue weighted by molar-refractivity contribution is 0.0946. The molecule has 1 aromatic heterocycles. The third kappa shape index (κ3) is 5.71. The average molecular weight is 457 g/mol. The zero-order valence-corrected chi connectivity index (χ0v) is 17.5. The van der Waals surface area contributed by atoms with E-state index in [-0.39, 0.29) is 11.8 Å². The Bertz CT molecular complexity index is 986. The minimum atomic E-state index is -0.314. The molecule has 6 nitrogen and oxygen atoms in total. The van der Waals surface area contributed by atoms with Crippen LogP contribution in [0.25, 0.3) is 0 Å². The molecule has 0 saturated heterocycles. The predicted octanol–water partition coefficient (Wildman–Crippen LogP) is 5.01. The second-order valence-corrected chi connectivity index (χ2v) is 7.20. The number of benzene rings is 2. The highest BCUT2D eigenvalue weighted by Gasteiger charge is 2.15. The highest BCUT2D eigenvalue weighted by Crippen LogP contribution is 2.25. The molecule has 150 valence electrons. The molecule has 0 atom stereocenters. The van der Waals surface area contributed by atoms with Gasteiger partial charge in [-0.15, -0.1) is 0 Å². The monoisotopic (exact) mass is 456 g/mol. The molecule has 1 heterocycles. The number of rotatable bonds is 8. The third-order valence-electron chi connectivity index (χ3n) is 4.03. The minimum Gasteiger partial charge on any atom is -0.493 e. The van der Waals surface area contributed by atoms with E-state index < -0.39 is 0 Å². The molecular weight excluding hydrogens is 436 g/mol. The van der Waals surface area contributed by atoms with E-state index in [0.29, 0.717) is 41.5 Å². The molecule has 29 heavy (non-hydrogen) atoms. The van der Waals surface area contributed by atoms with E-state index in [1.54, 1.807) is 54.8 Å². The number of anilines is 1. The Morgan fingerprint density at radius 2 is 1.93 bits per heavy atom. The van der Waals surface area contributed by atoms with Gasteiger partial charge in [-0.2, -0.15) is 0 Å². The Labute approximate surface area is 177 Å². The molecule has 0 aliphatic heterocycles. The van der Waals surface area contributed by atoms with Crippen LogP contribution >= 0.6 is 15.9 Å². The molecule has 0 radical (unpaired) electrons. The summed E-state index contributed by atoms with van der Waals surface area (Å²) in [5, 5.41) is 5.61. The maximum Gasteiger partial charge on any atom is 0.259 e. The van der Waals surface area contributed by atoms with Gasteiger partial charge in [0.2, 0.25) is 0 Å². The van der Waals surface area contributed by atoms with Crippen molar-refractivity contribution >= 4 is 33.4 Å². The first-order valence-corrected chi connectivity index (χ1v) is 10.0. The molecule has 0 aliphatic carbocycles. The van der Waals surface area contributed by atoms with Gasteiger partial charge in [0.25, 0.3) is 11.8 Å². The Balaban J connectivity index is 1.70. The molecule has 3 aromatic rings. The van der Waals surface area contributed by atoms with Crippen LogP contribution in [0, 0.1) is 0 Å². The smallest absolute Gasteiger partial charge is 0.259 e. The number of halogens is 1. The standard InChI is InChI=1S/C22H21BrN2O4/c1-2-10-29-20-9-8-16(23)13-19(20)22(27)25-17-6-3-5-15(12-17)21(26)24-14-18-7-4-11-28-18/h3-9,11-13H,2,10,14H2,1H3,(H,24,26)(H,25,27). The number of amides is 2. The van der Waals surface area contributed by atoms with Crippen LogP contribution in [-0.4, -0.2) is 18.4 Å². The molecule has 0 bridgehead atoms. The molecule has 0 fully saturated rings. The first-order chi connectivity index (χ1) is 14.1. The average Bonchev–Trinajstić information content (AvgIpc) is 3.25. The van der Waals surface area contributed by atoms with Crippen LogP contribution in [0.4, 0.5) is 5.69 Å². The van der Waals surface area contributed by atoms with Crippen LogP contribution in [0.1, 0.15) is 39.8 Å². The normalized spacial score (nSPS) is 10.4.